The number of nitrogens with one attached hydrogen (secondary N) is 1. The second-order valence-electron chi connectivity index (χ2n) is 5.70. The minimum atomic E-state index is 0.330. The maximum atomic E-state index is 5.93. The Morgan fingerprint density at radius 3 is 2.50 bits per heavy atom. The zero-order chi connectivity index (χ0) is 15.9. The number of morpholine rings is 1. The normalized spacial score (nSPS) is 25.2. The Kier molecular flexibility index (Phi) is 7.25. The van der Waals surface area contributed by atoms with Gasteiger partial charge < -0.3 is 19.1 Å². The zero-order valence-electron chi connectivity index (χ0n) is 13.1. The predicted molar refractivity (Wildman–Crippen MR) is 88.3 cm³/mol. The summed E-state index contributed by atoms with van der Waals surface area (Å²) < 4.78 is 16.9. The van der Waals surface area contributed by atoms with Crippen LogP contribution in [0.3, 0.4) is 0 Å². The van der Waals surface area contributed by atoms with Gasteiger partial charge in [-0.15, -0.1) is 0 Å². The summed E-state index contributed by atoms with van der Waals surface area (Å²) in [4.78, 5) is 1.54. The molecule has 1 fully saturated rings. The highest BCUT2D eigenvalue weighted by Crippen LogP contribution is 2.26. The summed E-state index contributed by atoms with van der Waals surface area (Å²) in [6.07, 6.45) is 0.661. The van der Waals surface area contributed by atoms with E-state index in [9.17, 15) is 0 Å². The zero-order valence-corrected chi connectivity index (χ0v) is 14.6. The van der Waals surface area contributed by atoms with Gasteiger partial charge in [-0.25, -0.2) is 0 Å². The fourth-order valence-electron chi connectivity index (χ4n) is 2.70. The van der Waals surface area contributed by atoms with Crippen molar-refractivity contribution in [2.75, 3.05) is 39.5 Å². The summed E-state index contributed by atoms with van der Waals surface area (Å²) in [5.41, 5.74) is 0. The molecule has 4 nitrogen and oxygen atoms in total. The van der Waals surface area contributed by atoms with Crippen molar-refractivity contribution >= 4 is 23.2 Å². The van der Waals surface area contributed by atoms with Gasteiger partial charge in [0.1, 0.15) is 44.2 Å². The third-order valence-corrected chi connectivity index (χ3v) is 4.34. The van der Waals surface area contributed by atoms with Crippen LogP contribution in [0.1, 0.15) is 13.8 Å². The standard InChI is InChI=1S/C16H23Cl2NO3/c1-12-10-19(11-13(2)22-12)5-6-20-7-8-21-14-3-4-15(17)16(18)9-14/h3-4,9,12-13H,5-8,10-11H2,1-2H3/p+1/t12-,13-/m1/s1. The second-order valence-corrected chi connectivity index (χ2v) is 6.52. The van der Waals surface area contributed by atoms with Gasteiger partial charge in [0, 0.05) is 6.07 Å². The van der Waals surface area contributed by atoms with Gasteiger partial charge in [0.05, 0.1) is 23.3 Å². The molecule has 6 heteroatoms. The molecule has 0 bridgehead atoms. The molecule has 1 aliphatic heterocycles. The third-order valence-electron chi connectivity index (χ3n) is 3.60. The quantitative estimate of drug-likeness (QED) is 0.765. The highest BCUT2D eigenvalue weighted by atomic mass is 35.5. The average Bonchev–Trinajstić information content (AvgIpc) is 2.45. The number of ether oxygens (including phenoxy) is 3. The van der Waals surface area contributed by atoms with Crippen LogP contribution in [0.15, 0.2) is 18.2 Å². The first kappa shape index (κ1) is 17.8. The molecule has 1 N–H and O–H groups in total. The monoisotopic (exact) mass is 348 g/mol. The summed E-state index contributed by atoms with van der Waals surface area (Å²) in [5, 5.41) is 1.03. The van der Waals surface area contributed by atoms with Crippen molar-refractivity contribution in [1.82, 2.24) is 0 Å². The van der Waals surface area contributed by atoms with Gasteiger partial charge in [0.15, 0.2) is 0 Å². The van der Waals surface area contributed by atoms with E-state index in [0.29, 0.717) is 41.2 Å². The molecule has 1 aromatic carbocycles. The average molecular weight is 349 g/mol. The minimum Gasteiger partial charge on any atom is -0.491 e. The largest absolute Gasteiger partial charge is 0.491 e. The van der Waals surface area contributed by atoms with Crippen molar-refractivity contribution < 1.29 is 19.1 Å². The first-order valence-corrected chi connectivity index (χ1v) is 8.45. The first-order valence-electron chi connectivity index (χ1n) is 7.69. The lowest BCUT2D eigenvalue weighted by molar-refractivity contribution is -0.915. The topological polar surface area (TPSA) is 32.1 Å². The molecule has 1 aliphatic rings. The molecule has 0 amide bonds. The molecular formula is C16H24Cl2NO3+. The molecule has 0 saturated carbocycles. The van der Waals surface area contributed by atoms with Crippen molar-refractivity contribution in [3.05, 3.63) is 28.2 Å². The van der Waals surface area contributed by atoms with Crippen molar-refractivity contribution in [2.24, 2.45) is 0 Å². The van der Waals surface area contributed by atoms with E-state index in [1.807, 2.05) is 0 Å². The van der Waals surface area contributed by atoms with Gasteiger partial charge in [0.25, 0.3) is 0 Å². The van der Waals surface area contributed by atoms with Crippen LogP contribution in [-0.2, 0) is 9.47 Å². The van der Waals surface area contributed by atoms with Gasteiger partial charge in [-0.1, -0.05) is 23.2 Å². The molecule has 2 atom stereocenters. The van der Waals surface area contributed by atoms with E-state index < -0.39 is 0 Å². The van der Waals surface area contributed by atoms with Gasteiger partial charge >= 0.3 is 0 Å². The van der Waals surface area contributed by atoms with Crippen molar-refractivity contribution in [3.8, 4) is 5.75 Å². The Balaban J connectivity index is 1.56. The van der Waals surface area contributed by atoms with E-state index in [4.69, 9.17) is 37.4 Å². The van der Waals surface area contributed by atoms with E-state index in [2.05, 4.69) is 13.8 Å². The molecule has 0 radical (unpaired) electrons. The van der Waals surface area contributed by atoms with Crippen LogP contribution in [0.5, 0.6) is 5.75 Å². The van der Waals surface area contributed by atoms with E-state index in [-0.39, 0.29) is 0 Å². The van der Waals surface area contributed by atoms with Crippen LogP contribution in [-0.4, -0.2) is 51.7 Å². The minimum absolute atomic E-state index is 0.330. The molecule has 0 aromatic heterocycles. The van der Waals surface area contributed by atoms with Crippen LogP contribution < -0.4 is 9.64 Å². The number of benzene rings is 1. The smallest absolute Gasteiger partial charge is 0.121 e. The highest BCUT2D eigenvalue weighted by molar-refractivity contribution is 6.42. The molecule has 1 saturated heterocycles. The van der Waals surface area contributed by atoms with Crippen molar-refractivity contribution in [2.45, 2.75) is 26.1 Å². The van der Waals surface area contributed by atoms with Gasteiger partial charge in [-0.2, -0.15) is 0 Å². The summed E-state index contributed by atoms with van der Waals surface area (Å²) in [6, 6.07) is 5.24. The van der Waals surface area contributed by atoms with Gasteiger partial charge in [-0.3, -0.25) is 0 Å². The van der Waals surface area contributed by atoms with Crippen LogP contribution >= 0.6 is 23.2 Å². The Bertz CT molecular complexity index is 463. The lowest BCUT2D eigenvalue weighted by Crippen LogP contribution is -3.15. The molecule has 2 rings (SSSR count). The molecule has 1 aromatic rings. The lowest BCUT2D eigenvalue weighted by Gasteiger charge is -2.32. The number of halogens is 2. The third kappa shape index (κ3) is 5.94. The van der Waals surface area contributed by atoms with Crippen LogP contribution in [0.25, 0.3) is 0 Å². The Morgan fingerprint density at radius 2 is 1.82 bits per heavy atom. The van der Waals surface area contributed by atoms with E-state index in [0.717, 1.165) is 26.2 Å². The number of hydrogen-bond acceptors (Lipinski definition) is 3. The molecule has 0 aliphatic carbocycles. The maximum absolute atomic E-state index is 5.93. The fourth-order valence-corrected chi connectivity index (χ4v) is 2.99. The molecule has 1 heterocycles. The molecule has 0 spiro atoms. The molecule has 124 valence electrons. The lowest BCUT2D eigenvalue weighted by atomic mass is 10.2. The van der Waals surface area contributed by atoms with E-state index in [1.54, 1.807) is 18.2 Å². The molecule has 22 heavy (non-hydrogen) atoms. The van der Waals surface area contributed by atoms with Crippen LogP contribution in [0, 0.1) is 0 Å². The summed E-state index contributed by atoms with van der Waals surface area (Å²) in [6.45, 7) is 9.16. The van der Waals surface area contributed by atoms with Crippen LogP contribution in [0.4, 0.5) is 0 Å². The highest BCUT2D eigenvalue weighted by Gasteiger charge is 2.24. The van der Waals surface area contributed by atoms with Crippen LogP contribution in [0.2, 0.25) is 10.0 Å². The molecular weight excluding hydrogens is 325 g/mol. The van der Waals surface area contributed by atoms with Crippen molar-refractivity contribution in [3.63, 3.8) is 0 Å². The van der Waals surface area contributed by atoms with E-state index in [1.165, 1.54) is 4.90 Å². The summed E-state index contributed by atoms with van der Waals surface area (Å²) >= 11 is 11.8. The summed E-state index contributed by atoms with van der Waals surface area (Å²) in [5.74, 6) is 0.708. The number of quaternary nitrogens is 1. The first-order chi connectivity index (χ1) is 10.5. The predicted octanol–water partition coefficient (Wildman–Crippen LogP) is 2.08. The number of rotatable bonds is 7. The van der Waals surface area contributed by atoms with Crippen molar-refractivity contribution in [1.29, 1.82) is 0 Å². The Labute approximate surface area is 142 Å². The van der Waals surface area contributed by atoms with E-state index >= 15 is 0 Å². The van der Waals surface area contributed by atoms with Gasteiger partial charge in [0.2, 0.25) is 0 Å². The maximum Gasteiger partial charge on any atom is 0.121 e. The Hall–Kier alpha value is -0.520. The fraction of sp³-hybridized carbons (Fsp3) is 0.625. The SMILES string of the molecule is C[C@@H]1C[NH+](CCOCCOc2ccc(Cl)c(Cl)c2)C[C@@H](C)O1. The second kappa shape index (κ2) is 8.94. The number of hydrogen-bond donors (Lipinski definition) is 1. The Morgan fingerprint density at radius 1 is 1.09 bits per heavy atom. The molecule has 0 unspecified atom stereocenters. The summed E-state index contributed by atoms with van der Waals surface area (Å²) in [7, 11) is 0. The van der Waals surface area contributed by atoms with Gasteiger partial charge in [-0.05, 0) is 26.0 Å².